The Morgan fingerprint density at radius 3 is 2.46 bits per heavy atom. The highest BCUT2D eigenvalue weighted by atomic mass is 19.4. The quantitative estimate of drug-likeness (QED) is 0.712. The number of hydrogen-bond donors (Lipinski definition) is 1. The van der Waals surface area contributed by atoms with Crippen molar-refractivity contribution >= 4 is 0 Å². The van der Waals surface area contributed by atoms with Gasteiger partial charge in [0, 0.05) is 6.42 Å². The zero-order valence-corrected chi connectivity index (χ0v) is 6.93. The summed E-state index contributed by atoms with van der Waals surface area (Å²) in [7, 11) is 0. The molecule has 0 aromatic rings. The van der Waals surface area contributed by atoms with Crippen molar-refractivity contribution in [3.8, 4) is 0 Å². The lowest BCUT2D eigenvalue weighted by atomic mass is 9.96. The zero-order chi connectivity index (χ0) is 9.53. The van der Waals surface area contributed by atoms with Gasteiger partial charge in [0.15, 0.2) is 0 Å². The monoisotopic (exact) mass is 193 g/mol. The van der Waals surface area contributed by atoms with Crippen LogP contribution >= 0.6 is 0 Å². The molecule has 1 N–H and O–H groups in total. The molecule has 6 heteroatoms. The van der Waals surface area contributed by atoms with Gasteiger partial charge >= 0.3 is 6.18 Å². The maximum Gasteiger partial charge on any atom is 0.437 e. The topological polar surface area (TPSA) is 36.8 Å². The van der Waals surface area contributed by atoms with Crippen LogP contribution in [0.25, 0.3) is 0 Å². The van der Waals surface area contributed by atoms with E-state index in [0.717, 1.165) is 13.0 Å². The molecule has 0 saturated carbocycles. The highest BCUT2D eigenvalue weighted by Gasteiger charge is 2.64. The molecule has 2 aliphatic rings. The van der Waals surface area contributed by atoms with Crippen LogP contribution in [0.15, 0.2) is 10.2 Å². The summed E-state index contributed by atoms with van der Waals surface area (Å²) in [5, 5.41) is 9.31. The third kappa shape index (κ3) is 1.54. The fraction of sp³-hybridized carbons (Fsp3) is 1.00. The van der Waals surface area contributed by atoms with Crippen LogP contribution < -0.4 is 5.32 Å². The molecule has 0 aromatic carbocycles. The van der Waals surface area contributed by atoms with Gasteiger partial charge in [-0.15, -0.1) is 10.2 Å². The van der Waals surface area contributed by atoms with Gasteiger partial charge in [-0.1, -0.05) is 0 Å². The maximum absolute atomic E-state index is 12.3. The smallest absolute Gasteiger partial charge is 0.316 e. The van der Waals surface area contributed by atoms with Crippen LogP contribution in [0, 0.1) is 5.92 Å². The molecule has 13 heavy (non-hydrogen) atoms. The second-order valence-electron chi connectivity index (χ2n) is 3.58. The molecule has 1 fully saturated rings. The van der Waals surface area contributed by atoms with Crippen molar-refractivity contribution < 1.29 is 13.2 Å². The Kier molecular flexibility index (Phi) is 1.83. The van der Waals surface area contributed by atoms with Gasteiger partial charge in [0.2, 0.25) is 0 Å². The van der Waals surface area contributed by atoms with Crippen molar-refractivity contribution in [3.05, 3.63) is 0 Å². The molecule has 0 bridgehead atoms. The summed E-state index contributed by atoms with van der Waals surface area (Å²) >= 11 is 0. The Hall–Kier alpha value is -0.650. The van der Waals surface area contributed by atoms with E-state index >= 15 is 0 Å². The number of nitrogens with zero attached hydrogens (tertiary/aromatic N) is 2. The van der Waals surface area contributed by atoms with Gasteiger partial charge in [-0.2, -0.15) is 13.2 Å². The Morgan fingerprint density at radius 1 is 1.38 bits per heavy atom. The van der Waals surface area contributed by atoms with E-state index in [-0.39, 0.29) is 12.3 Å². The van der Waals surface area contributed by atoms with E-state index in [4.69, 9.17) is 0 Å². The third-order valence-corrected chi connectivity index (χ3v) is 2.53. The molecule has 0 radical (unpaired) electrons. The van der Waals surface area contributed by atoms with E-state index in [0.29, 0.717) is 6.54 Å². The highest BCUT2D eigenvalue weighted by Crippen LogP contribution is 2.48. The van der Waals surface area contributed by atoms with Gasteiger partial charge in [-0.3, -0.25) is 0 Å². The zero-order valence-electron chi connectivity index (χ0n) is 6.93. The van der Waals surface area contributed by atoms with Crippen molar-refractivity contribution in [2.45, 2.75) is 24.7 Å². The number of alkyl halides is 3. The second kappa shape index (κ2) is 2.67. The number of rotatable bonds is 2. The third-order valence-electron chi connectivity index (χ3n) is 2.53. The lowest BCUT2D eigenvalue weighted by Crippen LogP contribution is -2.35. The maximum atomic E-state index is 12.3. The summed E-state index contributed by atoms with van der Waals surface area (Å²) in [6.07, 6.45) is -3.48. The van der Waals surface area contributed by atoms with Crippen LogP contribution in [0.1, 0.15) is 12.8 Å². The predicted octanol–water partition coefficient (Wildman–Crippen LogP) is 1.71. The summed E-state index contributed by atoms with van der Waals surface area (Å²) < 4.78 is 37.0. The van der Waals surface area contributed by atoms with Gasteiger partial charge in [-0.25, -0.2) is 0 Å². The van der Waals surface area contributed by atoms with Crippen LogP contribution in [0.4, 0.5) is 13.2 Å². The van der Waals surface area contributed by atoms with Gasteiger partial charge in [-0.05, 0) is 25.4 Å². The van der Waals surface area contributed by atoms with E-state index in [1.165, 1.54) is 0 Å². The Labute approximate surface area is 73.4 Å². The first kappa shape index (κ1) is 8.93. The molecule has 1 saturated heterocycles. The summed E-state index contributed by atoms with van der Waals surface area (Å²) in [4.78, 5) is 0. The van der Waals surface area contributed by atoms with Crippen molar-refractivity contribution in [1.29, 1.82) is 0 Å². The first-order valence-electron chi connectivity index (χ1n) is 4.25. The molecule has 1 atom stereocenters. The van der Waals surface area contributed by atoms with Crippen LogP contribution in [-0.2, 0) is 0 Å². The lowest BCUT2D eigenvalue weighted by Gasteiger charge is -2.17. The predicted molar refractivity (Wildman–Crippen MR) is 39.2 cm³/mol. The van der Waals surface area contributed by atoms with Crippen LogP contribution in [0.5, 0.6) is 0 Å². The van der Waals surface area contributed by atoms with Gasteiger partial charge in [0.25, 0.3) is 5.66 Å². The average molecular weight is 193 g/mol. The van der Waals surface area contributed by atoms with Gasteiger partial charge < -0.3 is 5.32 Å². The molecule has 2 heterocycles. The van der Waals surface area contributed by atoms with Crippen molar-refractivity contribution in [2.24, 2.45) is 16.1 Å². The number of hydrogen-bond acceptors (Lipinski definition) is 3. The Morgan fingerprint density at radius 2 is 2.08 bits per heavy atom. The molecular weight excluding hydrogens is 183 g/mol. The van der Waals surface area contributed by atoms with Crippen molar-refractivity contribution in [3.63, 3.8) is 0 Å². The highest BCUT2D eigenvalue weighted by molar-refractivity contribution is 5.02. The standard InChI is InChI=1S/C7H10F3N3/c8-7(9,10)6(12-13-6)3-5-1-2-11-4-5/h5,11H,1-4H2. The summed E-state index contributed by atoms with van der Waals surface area (Å²) in [6.45, 7) is 1.46. The van der Waals surface area contributed by atoms with E-state index in [1.54, 1.807) is 0 Å². The van der Waals surface area contributed by atoms with Gasteiger partial charge in [0.05, 0.1) is 0 Å². The van der Waals surface area contributed by atoms with Crippen molar-refractivity contribution in [1.82, 2.24) is 5.32 Å². The Bertz CT molecular complexity index is 224. The lowest BCUT2D eigenvalue weighted by molar-refractivity contribution is -0.167. The summed E-state index contributed by atoms with van der Waals surface area (Å²) in [5.41, 5.74) is -2.04. The van der Waals surface area contributed by atoms with Crippen LogP contribution in [0.3, 0.4) is 0 Å². The first-order valence-corrected chi connectivity index (χ1v) is 4.25. The second-order valence-corrected chi connectivity index (χ2v) is 3.58. The van der Waals surface area contributed by atoms with E-state index in [2.05, 4.69) is 15.5 Å². The average Bonchev–Trinajstić information content (AvgIpc) is 2.59. The van der Waals surface area contributed by atoms with Gasteiger partial charge in [0.1, 0.15) is 0 Å². The molecular formula is C7H10F3N3. The van der Waals surface area contributed by atoms with Crippen LogP contribution in [-0.4, -0.2) is 24.9 Å². The van der Waals surface area contributed by atoms with Crippen molar-refractivity contribution in [2.75, 3.05) is 13.1 Å². The van der Waals surface area contributed by atoms with E-state index < -0.39 is 11.8 Å². The number of halogens is 3. The number of nitrogens with one attached hydrogen (secondary N) is 1. The largest absolute Gasteiger partial charge is 0.437 e. The summed E-state index contributed by atoms with van der Waals surface area (Å²) in [5.74, 6) is 0.0663. The molecule has 0 aliphatic carbocycles. The molecule has 2 aliphatic heterocycles. The molecule has 2 rings (SSSR count). The normalized spacial score (nSPS) is 30.8. The molecule has 0 aromatic heterocycles. The first-order chi connectivity index (χ1) is 6.04. The molecule has 0 amide bonds. The molecule has 0 spiro atoms. The minimum Gasteiger partial charge on any atom is -0.316 e. The SMILES string of the molecule is FC(F)(F)C1(CC2CCNC2)N=N1. The fourth-order valence-corrected chi connectivity index (χ4v) is 1.66. The van der Waals surface area contributed by atoms with E-state index in [1.807, 2.05) is 0 Å². The molecule has 74 valence electrons. The Balaban J connectivity index is 1.93. The molecule has 3 nitrogen and oxygen atoms in total. The van der Waals surface area contributed by atoms with Crippen LogP contribution in [0.2, 0.25) is 0 Å². The fourth-order valence-electron chi connectivity index (χ4n) is 1.66. The molecule has 1 unspecified atom stereocenters. The minimum atomic E-state index is -4.30. The van der Waals surface area contributed by atoms with E-state index in [9.17, 15) is 13.2 Å². The summed E-state index contributed by atoms with van der Waals surface area (Å²) in [6, 6.07) is 0. The minimum absolute atomic E-state index is 0.0174.